The fourth-order valence-electron chi connectivity index (χ4n) is 1.44. The van der Waals surface area contributed by atoms with Crippen molar-refractivity contribution in [2.45, 2.75) is 37.6 Å². The Morgan fingerprint density at radius 3 is 2.53 bits per heavy atom. The predicted molar refractivity (Wildman–Crippen MR) is 60.7 cm³/mol. The van der Waals surface area contributed by atoms with Crippen LogP contribution in [0.25, 0.3) is 0 Å². The lowest BCUT2D eigenvalue weighted by Gasteiger charge is -2.14. The van der Waals surface area contributed by atoms with Crippen LogP contribution in [0, 0.1) is 12.3 Å². The van der Waals surface area contributed by atoms with Crippen molar-refractivity contribution in [1.82, 2.24) is 10.2 Å². The van der Waals surface area contributed by atoms with E-state index in [1.165, 1.54) is 0 Å². The van der Waals surface area contributed by atoms with E-state index in [9.17, 15) is 4.79 Å². The monoisotopic (exact) mass is 278 g/mol. The van der Waals surface area contributed by atoms with Crippen molar-refractivity contribution < 1.29 is 13.9 Å². The average molecular weight is 279 g/mol. The third kappa shape index (κ3) is 2.13. The number of nitrogens with zero attached hydrogens (tertiary/aromatic N) is 2. The van der Waals surface area contributed by atoms with E-state index in [1.807, 2.05) is 0 Å². The second kappa shape index (κ2) is 3.85. The molecule has 5 nitrogen and oxygen atoms in total. The fourth-order valence-corrected chi connectivity index (χ4v) is 2.13. The Hall–Kier alpha value is -0.810. The Balaban J connectivity index is 2.01. The molecule has 0 radical (unpaired) electrons. The van der Waals surface area contributed by atoms with E-state index in [1.54, 1.807) is 20.8 Å². The number of carbonyl (C=O) groups excluding carboxylic acids is 1. The van der Waals surface area contributed by atoms with Crippen LogP contribution in [0.3, 0.4) is 0 Å². The van der Waals surface area contributed by atoms with Crippen LogP contribution in [0.15, 0.2) is 4.42 Å². The number of esters is 1. The fraction of sp³-hybridized carbons (Fsp3) is 0.700. The molecule has 2 unspecified atom stereocenters. The summed E-state index contributed by atoms with van der Waals surface area (Å²) >= 11 is 11.8. The summed E-state index contributed by atoms with van der Waals surface area (Å²) in [7, 11) is 0. The molecule has 1 aromatic heterocycles. The topological polar surface area (TPSA) is 65.2 Å². The van der Waals surface area contributed by atoms with Crippen LogP contribution in [-0.4, -0.2) is 20.5 Å². The minimum absolute atomic E-state index is 0.259. The number of carbonyl (C=O) groups is 1. The maximum Gasteiger partial charge on any atom is 0.315 e. The first-order chi connectivity index (χ1) is 7.76. The molecule has 2 rings (SSSR count). The highest BCUT2D eigenvalue weighted by Crippen LogP contribution is 2.64. The first-order valence-electron chi connectivity index (χ1n) is 5.15. The molecule has 0 N–H and O–H groups in total. The zero-order valence-corrected chi connectivity index (χ0v) is 11.2. The van der Waals surface area contributed by atoms with Crippen molar-refractivity contribution in [3.63, 3.8) is 0 Å². The maximum absolute atomic E-state index is 11.9. The van der Waals surface area contributed by atoms with Crippen molar-refractivity contribution in [3.8, 4) is 0 Å². The second-order valence-electron chi connectivity index (χ2n) is 4.42. The molecule has 0 saturated heterocycles. The Morgan fingerprint density at radius 2 is 2.12 bits per heavy atom. The van der Waals surface area contributed by atoms with Gasteiger partial charge in [0.15, 0.2) is 6.10 Å². The Bertz CT molecular complexity index is 460. The van der Waals surface area contributed by atoms with E-state index in [4.69, 9.17) is 32.4 Å². The summed E-state index contributed by atoms with van der Waals surface area (Å²) < 4.78 is 9.34. The molecule has 1 aliphatic rings. The smallest absolute Gasteiger partial charge is 0.315 e. The first kappa shape index (κ1) is 12.6. The van der Waals surface area contributed by atoms with Gasteiger partial charge >= 0.3 is 5.97 Å². The van der Waals surface area contributed by atoms with Crippen molar-refractivity contribution in [2.24, 2.45) is 5.41 Å². The van der Waals surface area contributed by atoms with Crippen molar-refractivity contribution in [1.29, 1.82) is 0 Å². The van der Waals surface area contributed by atoms with Crippen molar-refractivity contribution in [2.75, 3.05) is 0 Å². The normalized spacial score (nSPS) is 27.6. The molecule has 0 aromatic carbocycles. The number of rotatable bonds is 3. The van der Waals surface area contributed by atoms with Crippen LogP contribution < -0.4 is 0 Å². The van der Waals surface area contributed by atoms with Gasteiger partial charge in [0.2, 0.25) is 5.89 Å². The van der Waals surface area contributed by atoms with Crippen LogP contribution in [0.4, 0.5) is 0 Å². The summed E-state index contributed by atoms with van der Waals surface area (Å²) in [6.45, 7) is 4.98. The Labute approximate surface area is 108 Å². The summed E-state index contributed by atoms with van der Waals surface area (Å²) in [5, 5.41) is 7.44. The molecule has 0 spiro atoms. The van der Waals surface area contributed by atoms with E-state index in [0.717, 1.165) is 0 Å². The van der Waals surface area contributed by atoms with E-state index >= 15 is 0 Å². The van der Waals surface area contributed by atoms with Gasteiger partial charge in [-0.3, -0.25) is 4.79 Å². The first-order valence-corrected chi connectivity index (χ1v) is 5.91. The van der Waals surface area contributed by atoms with Gasteiger partial charge in [0.05, 0.1) is 0 Å². The number of alkyl halides is 2. The molecule has 0 bridgehead atoms. The number of ether oxygens (including phenoxy) is 1. The third-order valence-electron chi connectivity index (χ3n) is 2.88. The number of hydrogen-bond acceptors (Lipinski definition) is 5. The summed E-state index contributed by atoms with van der Waals surface area (Å²) in [5.74, 6) is 0.227. The predicted octanol–water partition coefficient (Wildman–Crippen LogP) is 2.57. The highest BCUT2D eigenvalue weighted by Gasteiger charge is 2.69. The maximum atomic E-state index is 11.9. The highest BCUT2D eigenvalue weighted by atomic mass is 35.5. The summed E-state index contributed by atoms with van der Waals surface area (Å²) in [5.41, 5.74) is -0.848. The second-order valence-corrected chi connectivity index (χ2v) is 5.90. The quantitative estimate of drug-likeness (QED) is 0.628. The molecular formula is C10H12Cl2N2O3. The largest absolute Gasteiger partial charge is 0.452 e. The Morgan fingerprint density at radius 1 is 1.53 bits per heavy atom. The molecular weight excluding hydrogens is 267 g/mol. The van der Waals surface area contributed by atoms with E-state index < -0.39 is 21.8 Å². The van der Waals surface area contributed by atoms with Crippen LogP contribution in [0.1, 0.15) is 38.2 Å². The lowest BCUT2D eigenvalue weighted by atomic mass is 10.1. The van der Waals surface area contributed by atoms with E-state index in [0.29, 0.717) is 12.3 Å². The van der Waals surface area contributed by atoms with Crippen molar-refractivity contribution in [3.05, 3.63) is 11.8 Å². The molecule has 94 valence electrons. The lowest BCUT2D eigenvalue weighted by molar-refractivity contribution is -0.155. The van der Waals surface area contributed by atoms with Gasteiger partial charge in [0.1, 0.15) is 9.75 Å². The molecule has 2 atom stereocenters. The molecule has 1 heterocycles. The van der Waals surface area contributed by atoms with E-state index in [-0.39, 0.29) is 5.89 Å². The zero-order valence-electron chi connectivity index (χ0n) is 9.66. The number of aromatic nitrogens is 2. The average Bonchev–Trinajstić information content (AvgIpc) is 2.61. The Kier molecular flexibility index (Phi) is 2.86. The molecule has 0 amide bonds. The van der Waals surface area contributed by atoms with Crippen LogP contribution in [-0.2, 0) is 9.53 Å². The highest BCUT2D eigenvalue weighted by molar-refractivity contribution is 6.53. The van der Waals surface area contributed by atoms with Crippen LogP contribution in [0.2, 0.25) is 0 Å². The standard InChI is InChI=1S/C10H12Cl2N2O3/c1-5(7-14-13-6(2)17-7)16-8(15)9(3)4-10(9,11)12/h5H,4H2,1-3H3. The molecule has 7 heteroatoms. The van der Waals surface area contributed by atoms with Crippen molar-refractivity contribution >= 4 is 29.2 Å². The van der Waals surface area contributed by atoms with Gasteiger partial charge in [-0.05, 0) is 13.8 Å². The molecule has 17 heavy (non-hydrogen) atoms. The van der Waals surface area contributed by atoms with E-state index in [2.05, 4.69) is 10.2 Å². The molecule has 1 saturated carbocycles. The zero-order chi connectivity index (χ0) is 12.8. The summed E-state index contributed by atoms with van der Waals surface area (Å²) in [4.78, 5) is 11.9. The third-order valence-corrected chi connectivity index (χ3v) is 3.98. The minimum atomic E-state index is -1.03. The lowest BCUT2D eigenvalue weighted by Crippen LogP contribution is -2.22. The number of halogens is 2. The number of hydrogen-bond donors (Lipinski definition) is 0. The molecule has 0 aliphatic heterocycles. The summed E-state index contributed by atoms with van der Waals surface area (Å²) in [6, 6.07) is 0. The van der Waals surface area contributed by atoms with Gasteiger partial charge in [-0.2, -0.15) is 0 Å². The number of aryl methyl sites for hydroxylation is 1. The van der Waals surface area contributed by atoms with Gasteiger partial charge in [-0.1, -0.05) is 0 Å². The summed E-state index contributed by atoms with van der Waals surface area (Å²) in [6.07, 6.45) is -0.220. The van der Waals surface area contributed by atoms with Gasteiger partial charge in [0.25, 0.3) is 5.89 Å². The SMILES string of the molecule is Cc1nnc(C(C)OC(=O)C2(C)CC2(Cl)Cl)o1. The molecule has 1 fully saturated rings. The molecule has 1 aromatic rings. The minimum Gasteiger partial charge on any atom is -0.452 e. The van der Waals surface area contributed by atoms with Gasteiger partial charge in [-0.15, -0.1) is 33.4 Å². The molecule has 1 aliphatic carbocycles. The van der Waals surface area contributed by atoms with Gasteiger partial charge < -0.3 is 9.15 Å². The van der Waals surface area contributed by atoms with Gasteiger partial charge in [0, 0.05) is 13.3 Å². The van der Waals surface area contributed by atoms with Gasteiger partial charge in [-0.25, -0.2) is 0 Å². The van der Waals surface area contributed by atoms with Crippen LogP contribution in [0.5, 0.6) is 0 Å². The van der Waals surface area contributed by atoms with Crippen LogP contribution >= 0.6 is 23.2 Å².